The van der Waals surface area contributed by atoms with Crippen LogP contribution >= 0.6 is 0 Å². The molecule has 0 radical (unpaired) electrons. The highest BCUT2D eigenvalue weighted by atomic mass is 16.3. The average molecular weight is 308 g/mol. The lowest BCUT2D eigenvalue weighted by Crippen LogP contribution is -2.62. The summed E-state index contributed by atoms with van der Waals surface area (Å²) in [7, 11) is 0. The first-order valence-electron chi connectivity index (χ1n) is 8.64. The zero-order valence-corrected chi connectivity index (χ0v) is 13.8. The summed E-state index contributed by atoms with van der Waals surface area (Å²) in [6, 6.07) is 0.273. The Hall–Kier alpha value is -0.680. The Morgan fingerprint density at radius 3 is 2.55 bits per heavy atom. The van der Waals surface area contributed by atoms with E-state index in [2.05, 4.69) is 23.4 Å². The molecular formula is C18H32N2O2. The summed E-state index contributed by atoms with van der Waals surface area (Å²) < 4.78 is 0. The van der Waals surface area contributed by atoms with Crippen molar-refractivity contribution in [1.82, 2.24) is 10.2 Å². The summed E-state index contributed by atoms with van der Waals surface area (Å²) in [6.45, 7) is 10.7. The molecule has 0 aromatic heterocycles. The first-order valence-corrected chi connectivity index (χ1v) is 8.64. The molecule has 2 saturated heterocycles. The molecule has 2 aliphatic heterocycles. The second-order valence-electron chi connectivity index (χ2n) is 7.07. The molecule has 2 aliphatic rings. The van der Waals surface area contributed by atoms with E-state index in [1.165, 1.54) is 12.8 Å². The van der Waals surface area contributed by atoms with Crippen molar-refractivity contribution >= 4 is 0 Å². The zero-order valence-electron chi connectivity index (χ0n) is 13.8. The third-order valence-electron chi connectivity index (χ3n) is 5.22. The van der Waals surface area contributed by atoms with Gasteiger partial charge in [0.2, 0.25) is 0 Å². The fourth-order valence-electron chi connectivity index (χ4n) is 4.10. The van der Waals surface area contributed by atoms with E-state index in [0.29, 0.717) is 25.9 Å². The monoisotopic (exact) mass is 308 g/mol. The number of hydrogen-bond donors (Lipinski definition) is 3. The Morgan fingerprint density at radius 1 is 1.18 bits per heavy atom. The minimum Gasteiger partial charge on any atom is -0.388 e. The van der Waals surface area contributed by atoms with Gasteiger partial charge in [-0.3, -0.25) is 4.90 Å². The van der Waals surface area contributed by atoms with E-state index in [1.807, 2.05) is 0 Å². The van der Waals surface area contributed by atoms with E-state index in [1.54, 1.807) is 12.2 Å². The van der Waals surface area contributed by atoms with Crippen LogP contribution in [0.4, 0.5) is 0 Å². The molecule has 0 unspecified atom stereocenters. The van der Waals surface area contributed by atoms with Gasteiger partial charge < -0.3 is 15.5 Å². The maximum Gasteiger partial charge on any atom is 0.0926 e. The van der Waals surface area contributed by atoms with Crippen LogP contribution < -0.4 is 5.32 Å². The standard InChI is InChI=1S/C18H32N2O2/c1-3-9-17(21,10-4-2)14-19-15-18(22)11-7-13-20-12-6-5-8-16(18)20/h3-4,16,19,21-22H,1-2,5-15H2/t16-,18-/m1/s1. The summed E-state index contributed by atoms with van der Waals surface area (Å²) in [4.78, 5) is 2.45. The number of nitrogens with zero attached hydrogens (tertiary/aromatic N) is 1. The summed E-state index contributed by atoms with van der Waals surface area (Å²) >= 11 is 0. The van der Waals surface area contributed by atoms with Crippen LogP contribution in [0.3, 0.4) is 0 Å². The second-order valence-corrected chi connectivity index (χ2v) is 7.07. The van der Waals surface area contributed by atoms with Gasteiger partial charge in [0.25, 0.3) is 0 Å². The fraction of sp³-hybridized carbons (Fsp3) is 0.778. The number of nitrogens with one attached hydrogen (secondary N) is 1. The third kappa shape index (κ3) is 4.19. The van der Waals surface area contributed by atoms with Crippen molar-refractivity contribution in [2.45, 2.75) is 62.2 Å². The molecule has 0 aromatic carbocycles. The SMILES string of the molecule is C=CCC(O)(CC=C)CNC[C@]1(O)CCCN2CCCC[C@@H]21. The van der Waals surface area contributed by atoms with Crippen molar-refractivity contribution in [2.75, 3.05) is 26.2 Å². The number of aliphatic hydroxyl groups is 2. The van der Waals surface area contributed by atoms with Crippen molar-refractivity contribution < 1.29 is 10.2 Å². The van der Waals surface area contributed by atoms with Crippen LogP contribution in [0.5, 0.6) is 0 Å². The van der Waals surface area contributed by atoms with E-state index >= 15 is 0 Å². The van der Waals surface area contributed by atoms with Crippen LogP contribution in [0.15, 0.2) is 25.3 Å². The molecule has 4 nitrogen and oxygen atoms in total. The second kappa shape index (κ2) is 7.73. The number of hydrogen-bond acceptors (Lipinski definition) is 4. The maximum absolute atomic E-state index is 11.1. The van der Waals surface area contributed by atoms with Gasteiger partial charge in [-0.2, -0.15) is 0 Å². The lowest BCUT2D eigenvalue weighted by molar-refractivity contribution is -0.0938. The average Bonchev–Trinajstić information content (AvgIpc) is 2.48. The predicted molar refractivity (Wildman–Crippen MR) is 90.8 cm³/mol. The summed E-state index contributed by atoms with van der Waals surface area (Å²) in [5, 5.41) is 25.0. The minimum absolute atomic E-state index is 0.273. The van der Waals surface area contributed by atoms with Gasteiger partial charge in [-0.05, 0) is 51.6 Å². The maximum atomic E-state index is 11.1. The molecule has 2 fully saturated rings. The lowest BCUT2D eigenvalue weighted by atomic mass is 9.79. The van der Waals surface area contributed by atoms with Crippen LogP contribution in [0.1, 0.15) is 44.9 Å². The first kappa shape index (κ1) is 17.7. The number of fused-ring (bicyclic) bond motifs is 1. The molecule has 2 rings (SSSR count). The Kier molecular flexibility index (Phi) is 6.21. The van der Waals surface area contributed by atoms with Gasteiger partial charge in [-0.1, -0.05) is 18.6 Å². The molecule has 0 saturated carbocycles. The van der Waals surface area contributed by atoms with E-state index < -0.39 is 11.2 Å². The van der Waals surface area contributed by atoms with Gasteiger partial charge in [0.05, 0.1) is 11.2 Å². The van der Waals surface area contributed by atoms with Gasteiger partial charge in [-0.25, -0.2) is 0 Å². The molecular weight excluding hydrogens is 276 g/mol. The predicted octanol–water partition coefficient (Wildman–Crippen LogP) is 1.84. The molecule has 2 atom stereocenters. The Bertz CT molecular complexity index is 373. The van der Waals surface area contributed by atoms with Crippen molar-refractivity contribution in [3.8, 4) is 0 Å². The van der Waals surface area contributed by atoms with Crippen molar-refractivity contribution in [2.24, 2.45) is 0 Å². The smallest absolute Gasteiger partial charge is 0.0926 e. The molecule has 0 spiro atoms. The van der Waals surface area contributed by atoms with E-state index in [0.717, 1.165) is 32.4 Å². The summed E-state index contributed by atoms with van der Waals surface area (Å²) in [6.07, 6.45) is 9.98. The molecule has 4 heteroatoms. The molecule has 0 aliphatic carbocycles. The zero-order chi connectivity index (χ0) is 16.1. The highest BCUT2D eigenvalue weighted by Gasteiger charge is 2.43. The van der Waals surface area contributed by atoms with Crippen LogP contribution in [0.25, 0.3) is 0 Å². The van der Waals surface area contributed by atoms with Crippen molar-refractivity contribution in [3.05, 3.63) is 25.3 Å². The van der Waals surface area contributed by atoms with Crippen LogP contribution in [0.2, 0.25) is 0 Å². The van der Waals surface area contributed by atoms with Gasteiger partial charge in [0, 0.05) is 19.1 Å². The number of rotatable bonds is 8. The van der Waals surface area contributed by atoms with Crippen LogP contribution in [0, 0.1) is 0 Å². The van der Waals surface area contributed by atoms with Gasteiger partial charge in [0.1, 0.15) is 0 Å². The quantitative estimate of drug-likeness (QED) is 0.599. The Balaban J connectivity index is 1.91. The van der Waals surface area contributed by atoms with E-state index in [4.69, 9.17) is 0 Å². The van der Waals surface area contributed by atoms with E-state index in [-0.39, 0.29) is 6.04 Å². The summed E-state index contributed by atoms with van der Waals surface area (Å²) in [5.74, 6) is 0. The number of piperidine rings is 2. The molecule has 2 heterocycles. The highest BCUT2D eigenvalue weighted by molar-refractivity contribution is 5.01. The molecule has 3 N–H and O–H groups in total. The van der Waals surface area contributed by atoms with Crippen LogP contribution in [-0.4, -0.2) is 58.5 Å². The van der Waals surface area contributed by atoms with Gasteiger partial charge in [0.15, 0.2) is 0 Å². The van der Waals surface area contributed by atoms with Crippen molar-refractivity contribution in [1.29, 1.82) is 0 Å². The molecule has 0 aromatic rings. The normalized spacial score (nSPS) is 29.8. The van der Waals surface area contributed by atoms with Crippen LogP contribution in [-0.2, 0) is 0 Å². The molecule has 126 valence electrons. The van der Waals surface area contributed by atoms with E-state index in [9.17, 15) is 10.2 Å². The largest absolute Gasteiger partial charge is 0.388 e. The van der Waals surface area contributed by atoms with Gasteiger partial charge in [-0.15, -0.1) is 13.2 Å². The van der Waals surface area contributed by atoms with Crippen molar-refractivity contribution in [3.63, 3.8) is 0 Å². The molecule has 0 bridgehead atoms. The minimum atomic E-state index is -0.846. The van der Waals surface area contributed by atoms with Gasteiger partial charge >= 0.3 is 0 Å². The fourth-order valence-corrected chi connectivity index (χ4v) is 4.10. The molecule has 22 heavy (non-hydrogen) atoms. The summed E-state index contributed by atoms with van der Waals surface area (Å²) in [5.41, 5.74) is -1.51. The highest BCUT2D eigenvalue weighted by Crippen LogP contribution is 2.33. The molecule has 0 amide bonds. The first-order chi connectivity index (χ1) is 10.5. The topological polar surface area (TPSA) is 55.7 Å². The Labute approximate surface area is 134 Å². The lowest BCUT2D eigenvalue weighted by Gasteiger charge is -2.49. The Morgan fingerprint density at radius 2 is 1.86 bits per heavy atom. The third-order valence-corrected chi connectivity index (χ3v) is 5.22.